The molecule has 0 fully saturated rings. The first kappa shape index (κ1) is 10.0. The van der Waals surface area contributed by atoms with Crippen molar-refractivity contribution in [2.75, 3.05) is 0 Å². The van der Waals surface area contributed by atoms with E-state index in [-0.39, 0.29) is 0 Å². The average Bonchev–Trinajstić information content (AvgIpc) is 2.38. The smallest absolute Gasteiger partial charge is 0.0708 e. The van der Waals surface area contributed by atoms with Crippen LogP contribution in [0.25, 0.3) is 22.0 Å². The summed E-state index contributed by atoms with van der Waals surface area (Å²) in [6.45, 7) is 2.10. The summed E-state index contributed by atoms with van der Waals surface area (Å²) in [6, 6.07) is 18.9. The monoisotopic (exact) mass is 219 g/mol. The Labute approximate surface area is 101 Å². The van der Waals surface area contributed by atoms with Crippen LogP contribution in [0.1, 0.15) is 5.56 Å². The second kappa shape index (κ2) is 4.02. The zero-order valence-corrected chi connectivity index (χ0v) is 9.72. The third-order valence-corrected chi connectivity index (χ3v) is 2.94. The largest absolute Gasteiger partial charge is 0.256 e. The molecule has 3 rings (SSSR count). The van der Waals surface area contributed by atoms with E-state index in [0.29, 0.717) is 0 Å². The van der Waals surface area contributed by atoms with E-state index in [2.05, 4.69) is 60.4 Å². The first-order valence-electron chi connectivity index (χ1n) is 5.75. The fourth-order valence-corrected chi connectivity index (χ4v) is 2.05. The van der Waals surface area contributed by atoms with Gasteiger partial charge in [0.05, 0.1) is 5.69 Å². The van der Waals surface area contributed by atoms with Crippen LogP contribution in [0.2, 0.25) is 0 Å². The zero-order chi connectivity index (χ0) is 11.7. The van der Waals surface area contributed by atoms with Gasteiger partial charge in [-0.05, 0) is 24.4 Å². The first-order valence-corrected chi connectivity index (χ1v) is 5.75. The van der Waals surface area contributed by atoms with Crippen molar-refractivity contribution >= 4 is 10.8 Å². The minimum atomic E-state index is 1.03. The van der Waals surface area contributed by atoms with Gasteiger partial charge in [0.2, 0.25) is 0 Å². The molecular formula is C16H13N. The number of rotatable bonds is 1. The van der Waals surface area contributed by atoms with Crippen molar-refractivity contribution in [3.05, 3.63) is 66.4 Å². The van der Waals surface area contributed by atoms with Gasteiger partial charge in [-0.25, -0.2) is 0 Å². The number of hydrogen-bond acceptors (Lipinski definition) is 1. The molecule has 0 bridgehead atoms. The van der Waals surface area contributed by atoms with Crippen LogP contribution in [0.4, 0.5) is 0 Å². The molecule has 0 aliphatic heterocycles. The van der Waals surface area contributed by atoms with Crippen molar-refractivity contribution in [3.8, 4) is 11.3 Å². The number of aromatic nitrogens is 1. The Balaban J connectivity index is 2.18. The predicted molar refractivity (Wildman–Crippen MR) is 71.9 cm³/mol. The van der Waals surface area contributed by atoms with Gasteiger partial charge in [0.25, 0.3) is 0 Å². The summed E-state index contributed by atoms with van der Waals surface area (Å²) in [4.78, 5) is 4.52. The highest BCUT2D eigenvalue weighted by molar-refractivity contribution is 5.85. The molecule has 0 N–H and O–H groups in total. The molecule has 0 aliphatic carbocycles. The minimum Gasteiger partial charge on any atom is -0.256 e. The SMILES string of the molecule is Cc1cccc(-c2cc3ccccc3cn2)c1. The lowest BCUT2D eigenvalue weighted by atomic mass is 10.1. The fraction of sp³-hybridized carbons (Fsp3) is 0.0625. The van der Waals surface area contributed by atoms with Crippen LogP contribution in [-0.4, -0.2) is 4.98 Å². The lowest BCUT2D eigenvalue weighted by molar-refractivity contribution is 1.34. The highest BCUT2D eigenvalue weighted by Crippen LogP contribution is 2.22. The Bertz CT molecular complexity index is 671. The van der Waals surface area contributed by atoms with Crippen LogP contribution < -0.4 is 0 Å². The lowest BCUT2D eigenvalue weighted by Crippen LogP contribution is -1.84. The summed E-state index contributed by atoms with van der Waals surface area (Å²) < 4.78 is 0. The van der Waals surface area contributed by atoms with E-state index in [4.69, 9.17) is 0 Å². The fourth-order valence-electron chi connectivity index (χ4n) is 2.05. The lowest BCUT2D eigenvalue weighted by Gasteiger charge is -2.04. The van der Waals surface area contributed by atoms with E-state index >= 15 is 0 Å². The van der Waals surface area contributed by atoms with E-state index in [9.17, 15) is 0 Å². The van der Waals surface area contributed by atoms with Gasteiger partial charge in [-0.1, -0.05) is 48.0 Å². The Kier molecular flexibility index (Phi) is 2.37. The third-order valence-electron chi connectivity index (χ3n) is 2.94. The molecule has 2 aromatic carbocycles. The number of pyridine rings is 1. The number of aryl methyl sites for hydroxylation is 1. The summed E-state index contributed by atoms with van der Waals surface area (Å²) in [7, 11) is 0. The van der Waals surface area contributed by atoms with E-state index in [0.717, 1.165) is 5.69 Å². The van der Waals surface area contributed by atoms with Crippen molar-refractivity contribution in [2.24, 2.45) is 0 Å². The van der Waals surface area contributed by atoms with Gasteiger partial charge in [-0.15, -0.1) is 0 Å². The standard InChI is InChI=1S/C16H13N/c1-12-5-4-8-14(9-12)16-10-13-6-2-3-7-15(13)11-17-16/h2-11H,1H3. The third kappa shape index (κ3) is 1.92. The van der Waals surface area contributed by atoms with Gasteiger partial charge in [0.1, 0.15) is 0 Å². The molecule has 0 amide bonds. The second-order valence-electron chi connectivity index (χ2n) is 4.29. The van der Waals surface area contributed by atoms with E-state index in [1.807, 2.05) is 12.3 Å². The Hall–Kier alpha value is -2.15. The molecule has 0 radical (unpaired) electrons. The molecule has 3 aromatic rings. The maximum absolute atomic E-state index is 4.52. The van der Waals surface area contributed by atoms with E-state index < -0.39 is 0 Å². The second-order valence-corrected chi connectivity index (χ2v) is 4.29. The predicted octanol–water partition coefficient (Wildman–Crippen LogP) is 4.21. The quantitative estimate of drug-likeness (QED) is 0.597. The molecule has 0 saturated carbocycles. The van der Waals surface area contributed by atoms with Gasteiger partial charge in [-0.2, -0.15) is 0 Å². The Morgan fingerprint density at radius 1 is 0.824 bits per heavy atom. The topological polar surface area (TPSA) is 12.9 Å². The van der Waals surface area contributed by atoms with E-state index in [1.54, 1.807) is 0 Å². The summed E-state index contributed by atoms with van der Waals surface area (Å²) >= 11 is 0. The molecule has 1 nitrogen and oxygen atoms in total. The van der Waals surface area contributed by atoms with E-state index in [1.165, 1.54) is 21.9 Å². The van der Waals surface area contributed by atoms with Crippen LogP contribution in [0, 0.1) is 6.92 Å². The Morgan fingerprint density at radius 3 is 2.47 bits per heavy atom. The van der Waals surface area contributed by atoms with Gasteiger partial charge in [0, 0.05) is 17.1 Å². The van der Waals surface area contributed by atoms with Crippen molar-refractivity contribution in [3.63, 3.8) is 0 Å². The van der Waals surface area contributed by atoms with Gasteiger partial charge in [-0.3, -0.25) is 4.98 Å². The van der Waals surface area contributed by atoms with Crippen LogP contribution in [0.5, 0.6) is 0 Å². The first-order chi connectivity index (χ1) is 8.33. The summed E-state index contributed by atoms with van der Waals surface area (Å²) in [6.07, 6.45) is 1.94. The molecule has 1 heterocycles. The molecule has 0 atom stereocenters. The van der Waals surface area contributed by atoms with Gasteiger partial charge >= 0.3 is 0 Å². The van der Waals surface area contributed by atoms with Crippen LogP contribution >= 0.6 is 0 Å². The van der Waals surface area contributed by atoms with Crippen molar-refractivity contribution in [1.82, 2.24) is 4.98 Å². The van der Waals surface area contributed by atoms with Gasteiger partial charge < -0.3 is 0 Å². The summed E-state index contributed by atoms with van der Waals surface area (Å²) in [5, 5.41) is 2.42. The van der Waals surface area contributed by atoms with Crippen LogP contribution in [0.3, 0.4) is 0 Å². The number of fused-ring (bicyclic) bond motifs is 1. The maximum Gasteiger partial charge on any atom is 0.0708 e. The zero-order valence-electron chi connectivity index (χ0n) is 9.72. The number of benzene rings is 2. The minimum absolute atomic E-state index is 1.03. The molecule has 0 unspecified atom stereocenters. The number of hydrogen-bond donors (Lipinski definition) is 0. The summed E-state index contributed by atoms with van der Waals surface area (Å²) in [5.41, 5.74) is 3.47. The molecule has 17 heavy (non-hydrogen) atoms. The maximum atomic E-state index is 4.52. The number of nitrogens with zero attached hydrogens (tertiary/aromatic N) is 1. The highest BCUT2D eigenvalue weighted by atomic mass is 14.7. The van der Waals surface area contributed by atoms with Crippen molar-refractivity contribution in [2.45, 2.75) is 6.92 Å². The molecule has 82 valence electrons. The molecule has 0 saturated heterocycles. The molecule has 1 aromatic heterocycles. The Morgan fingerprint density at radius 2 is 1.65 bits per heavy atom. The molecule has 0 aliphatic rings. The van der Waals surface area contributed by atoms with Crippen LogP contribution in [0.15, 0.2) is 60.8 Å². The molecule has 0 spiro atoms. The van der Waals surface area contributed by atoms with Crippen molar-refractivity contribution in [1.29, 1.82) is 0 Å². The van der Waals surface area contributed by atoms with Crippen molar-refractivity contribution < 1.29 is 0 Å². The summed E-state index contributed by atoms with van der Waals surface area (Å²) in [5.74, 6) is 0. The molecule has 1 heteroatoms. The molecular weight excluding hydrogens is 206 g/mol. The average molecular weight is 219 g/mol. The highest BCUT2D eigenvalue weighted by Gasteiger charge is 2.00. The normalized spacial score (nSPS) is 10.6. The van der Waals surface area contributed by atoms with Gasteiger partial charge in [0.15, 0.2) is 0 Å². The van der Waals surface area contributed by atoms with Crippen LogP contribution in [-0.2, 0) is 0 Å².